The highest BCUT2D eigenvalue weighted by Gasteiger charge is 1.98. The van der Waals surface area contributed by atoms with Crippen LogP contribution in [0.2, 0.25) is 0 Å². The zero-order chi connectivity index (χ0) is 12.3. The van der Waals surface area contributed by atoms with Gasteiger partial charge in [-0.25, -0.2) is 5.43 Å². The highest BCUT2D eigenvalue weighted by Crippen LogP contribution is 2.01. The Morgan fingerprint density at radius 3 is 2.82 bits per heavy atom. The second-order valence-corrected chi connectivity index (χ2v) is 3.88. The lowest BCUT2D eigenvalue weighted by atomic mass is 10.1. The zero-order valence-electron chi connectivity index (χ0n) is 10.2. The first kappa shape index (κ1) is 13.4. The van der Waals surface area contributed by atoms with Crippen molar-refractivity contribution in [2.75, 3.05) is 0 Å². The molecule has 0 bridgehead atoms. The minimum absolute atomic E-state index is 0.0218. The smallest absolute Gasteiger partial charge is 0.240 e. The lowest BCUT2D eigenvalue weighted by Gasteiger charge is -1.99. The van der Waals surface area contributed by atoms with Crippen molar-refractivity contribution in [3.8, 4) is 0 Å². The maximum Gasteiger partial charge on any atom is 0.240 e. The Morgan fingerprint density at radius 2 is 2.12 bits per heavy atom. The third-order valence-corrected chi connectivity index (χ3v) is 2.37. The van der Waals surface area contributed by atoms with Crippen LogP contribution in [0.4, 0.5) is 0 Å². The Bertz CT molecular complexity index is 349. The van der Waals surface area contributed by atoms with Crippen LogP contribution in [0.1, 0.15) is 44.6 Å². The summed E-state index contributed by atoms with van der Waals surface area (Å²) in [6, 6.07) is 3.66. The number of hydrogen-bond donors (Lipinski definition) is 1. The molecule has 0 atom stereocenters. The molecule has 4 nitrogen and oxygen atoms in total. The summed E-state index contributed by atoms with van der Waals surface area (Å²) in [6.07, 6.45) is 9.96. The lowest BCUT2D eigenvalue weighted by molar-refractivity contribution is -0.121. The number of aromatic nitrogens is 1. The molecule has 92 valence electrons. The highest BCUT2D eigenvalue weighted by molar-refractivity contribution is 5.82. The van der Waals surface area contributed by atoms with Gasteiger partial charge in [0, 0.05) is 18.8 Å². The number of hydrazone groups is 1. The van der Waals surface area contributed by atoms with Crippen LogP contribution < -0.4 is 5.43 Å². The van der Waals surface area contributed by atoms with Gasteiger partial charge < -0.3 is 0 Å². The predicted molar refractivity (Wildman–Crippen MR) is 68.7 cm³/mol. The summed E-state index contributed by atoms with van der Waals surface area (Å²) >= 11 is 0. The van der Waals surface area contributed by atoms with Crippen molar-refractivity contribution < 1.29 is 4.79 Å². The summed E-state index contributed by atoms with van der Waals surface area (Å²) in [5.74, 6) is -0.0218. The fourth-order valence-electron chi connectivity index (χ4n) is 1.40. The number of pyridine rings is 1. The Labute approximate surface area is 102 Å². The Morgan fingerprint density at radius 1 is 1.35 bits per heavy atom. The molecule has 1 rings (SSSR count). The molecule has 1 heterocycles. The topological polar surface area (TPSA) is 54.4 Å². The molecule has 0 unspecified atom stereocenters. The van der Waals surface area contributed by atoms with Gasteiger partial charge in [0.15, 0.2) is 0 Å². The van der Waals surface area contributed by atoms with Crippen molar-refractivity contribution in [1.29, 1.82) is 0 Å². The van der Waals surface area contributed by atoms with Gasteiger partial charge in [-0.1, -0.05) is 26.2 Å². The van der Waals surface area contributed by atoms with Crippen LogP contribution in [0.25, 0.3) is 0 Å². The van der Waals surface area contributed by atoms with E-state index >= 15 is 0 Å². The highest BCUT2D eigenvalue weighted by atomic mass is 16.2. The normalized spacial score (nSPS) is 10.6. The summed E-state index contributed by atoms with van der Waals surface area (Å²) in [6.45, 7) is 2.15. The van der Waals surface area contributed by atoms with E-state index in [1.807, 2.05) is 12.1 Å². The minimum Gasteiger partial charge on any atom is -0.273 e. The summed E-state index contributed by atoms with van der Waals surface area (Å²) in [7, 11) is 0. The first-order valence-corrected chi connectivity index (χ1v) is 6.05. The summed E-state index contributed by atoms with van der Waals surface area (Å²) in [4.78, 5) is 15.3. The van der Waals surface area contributed by atoms with E-state index in [-0.39, 0.29) is 5.91 Å². The van der Waals surface area contributed by atoms with Crippen LogP contribution in [-0.2, 0) is 4.79 Å². The average molecular weight is 233 g/mol. The molecule has 0 spiro atoms. The Kier molecular flexibility index (Phi) is 6.63. The van der Waals surface area contributed by atoms with Gasteiger partial charge in [0.2, 0.25) is 5.91 Å². The molecule has 1 N–H and O–H groups in total. The van der Waals surface area contributed by atoms with Gasteiger partial charge in [0.25, 0.3) is 0 Å². The average Bonchev–Trinajstić information content (AvgIpc) is 2.36. The second kappa shape index (κ2) is 8.44. The van der Waals surface area contributed by atoms with Crippen molar-refractivity contribution >= 4 is 12.1 Å². The first-order valence-electron chi connectivity index (χ1n) is 6.05. The monoisotopic (exact) mass is 233 g/mol. The number of nitrogens with zero attached hydrogens (tertiary/aromatic N) is 2. The number of hydrogen-bond acceptors (Lipinski definition) is 3. The fourth-order valence-corrected chi connectivity index (χ4v) is 1.40. The molecule has 0 aliphatic carbocycles. The van der Waals surface area contributed by atoms with Gasteiger partial charge in [0.1, 0.15) is 0 Å². The molecule has 0 aliphatic heterocycles. The van der Waals surface area contributed by atoms with Crippen molar-refractivity contribution in [2.45, 2.75) is 39.0 Å². The Hall–Kier alpha value is -1.71. The van der Waals surface area contributed by atoms with Crippen LogP contribution >= 0.6 is 0 Å². The number of carbonyl (C=O) groups is 1. The second-order valence-electron chi connectivity index (χ2n) is 3.88. The molecule has 0 fully saturated rings. The lowest BCUT2D eigenvalue weighted by Crippen LogP contribution is -2.16. The molecule has 4 heteroatoms. The van der Waals surface area contributed by atoms with Gasteiger partial charge in [-0.2, -0.15) is 5.10 Å². The van der Waals surface area contributed by atoms with E-state index in [1.165, 1.54) is 12.8 Å². The van der Waals surface area contributed by atoms with E-state index in [1.54, 1.807) is 18.6 Å². The molecule has 0 aliphatic rings. The largest absolute Gasteiger partial charge is 0.273 e. The molecular weight excluding hydrogens is 214 g/mol. The van der Waals surface area contributed by atoms with Crippen molar-refractivity contribution in [3.05, 3.63) is 30.1 Å². The summed E-state index contributed by atoms with van der Waals surface area (Å²) in [5, 5.41) is 3.89. The molecule has 1 aromatic heterocycles. The quantitative estimate of drug-likeness (QED) is 0.447. The molecular formula is C13H19N3O. The van der Waals surface area contributed by atoms with E-state index in [0.29, 0.717) is 6.42 Å². The molecule has 0 radical (unpaired) electrons. The van der Waals surface area contributed by atoms with Crippen molar-refractivity contribution in [3.63, 3.8) is 0 Å². The number of unbranched alkanes of at least 4 members (excludes halogenated alkanes) is 3. The maximum atomic E-state index is 11.4. The molecule has 0 saturated carbocycles. The standard InChI is InChI=1S/C13H19N3O/c1-2-3-4-5-6-13(17)16-15-11-12-7-9-14-10-8-12/h7-11H,2-6H2,1H3,(H,16,17). The van der Waals surface area contributed by atoms with Gasteiger partial charge in [-0.3, -0.25) is 9.78 Å². The number of amides is 1. The van der Waals surface area contributed by atoms with E-state index in [9.17, 15) is 4.79 Å². The van der Waals surface area contributed by atoms with Crippen LogP contribution in [0.5, 0.6) is 0 Å². The SMILES string of the molecule is CCCCCCC(=O)NN=Cc1ccncc1. The van der Waals surface area contributed by atoms with E-state index in [2.05, 4.69) is 22.4 Å². The first-order chi connectivity index (χ1) is 8.33. The van der Waals surface area contributed by atoms with E-state index in [4.69, 9.17) is 0 Å². The Balaban J connectivity index is 2.17. The maximum absolute atomic E-state index is 11.4. The number of rotatable bonds is 7. The fraction of sp³-hybridized carbons (Fsp3) is 0.462. The van der Waals surface area contributed by atoms with Crippen LogP contribution in [-0.4, -0.2) is 17.1 Å². The molecule has 17 heavy (non-hydrogen) atoms. The van der Waals surface area contributed by atoms with E-state index < -0.39 is 0 Å². The number of nitrogens with one attached hydrogen (secondary N) is 1. The van der Waals surface area contributed by atoms with Crippen molar-refractivity contribution in [1.82, 2.24) is 10.4 Å². The predicted octanol–water partition coefficient (Wildman–Crippen LogP) is 2.50. The molecule has 1 aromatic rings. The van der Waals surface area contributed by atoms with Gasteiger partial charge in [-0.05, 0) is 24.1 Å². The third-order valence-electron chi connectivity index (χ3n) is 2.37. The van der Waals surface area contributed by atoms with E-state index in [0.717, 1.165) is 18.4 Å². The van der Waals surface area contributed by atoms with Crippen LogP contribution in [0.3, 0.4) is 0 Å². The van der Waals surface area contributed by atoms with Gasteiger partial charge in [-0.15, -0.1) is 0 Å². The third kappa shape index (κ3) is 6.45. The minimum atomic E-state index is -0.0218. The van der Waals surface area contributed by atoms with Crippen LogP contribution in [0, 0.1) is 0 Å². The molecule has 0 aromatic carbocycles. The molecule has 1 amide bonds. The van der Waals surface area contributed by atoms with Crippen LogP contribution in [0.15, 0.2) is 29.6 Å². The summed E-state index contributed by atoms with van der Waals surface area (Å²) < 4.78 is 0. The molecule has 0 saturated heterocycles. The van der Waals surface area contributed by atoms with Gasteiger partial charge >= 0.3 is 0 Å². The zero-order valence-corrected chi connectivity index (χ0v) is 10.2. The van der Waals surface area contributed by atoms with Gasteiger partial charge in [0.05, 0.1) is 6.21 Å². The number of carbonyl (C=O) groups excluding carboxylic acids is 1. The summed E-state index contributed by atoms with van der Waals surface area (Å²) in [5.41, 5.74) is 3.44. The van der Waals surface area contributed by atoms with Crippen molar-refractivity contribution in [2.24, 2.45) is 5.10 Å².